The van der Waals surface area contributed by atoms with Gasteiger partial charge in [0, 0.05) is 18.7 Å². The lowest BCUT2D eigenvalue weighted by atomic mass is 9.88. The molecule has 5 rings (SSSR count). The van der Waals surface area contributed by atoms with Gasteiger partial charge in [0.15, 0.2) is 0 Å². The van der Waals surface area contributed by atoms with Crippen molar-refractivity contribution in [2.75, 3.05) is 23.3 Å². The van der Waals surface area contributed by atoms with Crippen LogP contribution in [0.4, 0.5) is 11.4 Å². The topological polar surface area (TPSA) is 98.7 Å². The Morgan fingerprint density at radius 3 is 2.45 bits per heavy atom. The van der Waals surface area contributed by atoms with E-state index in [1.807, 2.05) is 47.4 Å². The van der Waals surface area contributed by atoms with Crippen molar-refractivity contribution in [1.82, 2.24) is 5.32 Å². The van der Waals surface area contributed by atoms with Gasteiger partial charge >= 0.3 is 11.8 Å². The first-order chi connectivity index (χ1) is 15.0. The number of anilines is 2. The van der Waals surface area contributed by atoms with Gasteiger partial charge in [0.25, 0.3) is 0 Å². The summed E-state index contributed by atoms with van der Waals surface area (Å²) in [6, 6.07) is 13.0. The molecule has 1 fully saturated rings. The number of rotatable bonds is 5. The molecule has 0 bridgehead atoms. The average molecular weight is 419 g/mol. The van der Waals surface area contributed by atoms with Crippen molar-refractivity contribution in [1.29, 1.82) is 0 Å². The molecule has 0 aromatic heterocycles. The van der Waals surface area contributed by atoms with Gasteiger partial charge in [-0.25, -0.2) is 0 Å². The SMILES string of the molecule is O=C(NCC(O)(c1ccccc1)C1CC1)C(=O)Nc1cc2c3c(c1)CCN3C(=O)CC2. The quantitative estimate of drug-likeness (QED) is 0.645. The number of carbonyl (C=O) groups excluding carboxylic acids is 3. The highest BCUT2D eigenvalue weighted by Crippen LogP contribution is 2.45. The van der Waals surface area contributed by atoms with Gasteiger partial charge in [0.1, 0.15) is 5.60 Å². The zero-order valence-electron chi connectivity index (χ0n) is 17.2. The van der Waals surface area contributed by atoms with Gasteiger partial charge in [0.2, 0.25) is 5.91 Å². The Bertz CT molecular complexity index is 1060. The smallest absolute Gasteiger partial charge is 0.313 e. The van der Waals surface area contributed by atoms with E-state index in [1.54, 1.807) is 0 Å². The molecule has 3 amide bonds. The molecule has 1 saturated carbocycles. The van der Waals surface area contributed by atoms with E-state index in [0.29, 0.717) is 25.1 Å². The van der Waals surface area contributed by atoms with Crippen molar-refractivity contribution >= 4 is 29.1 Å². The lowest BCUT2D eigenvalue weighted by molar-refractivity contribution is -0.137. The largest absolute Gasteiger partial charge is 0.383 e. The minimum atomic E-state index is -1.18. The van der Waals surface area contributed by atoms with Crippen LogP contribution in [-0.2, 0) is 32.8 Å². The number of nitrogens with one attached hydrogen (secondary N) is 2. The highest BCUT2D eigenvalue weighted by molar-refractivity contribution is 6.39. The van der Waals surface area contributed by atoms with E-state index in [9.17, 15) is 19.5 Å². The number of carbonyl (C=O) groups is 3. The minimum absolute atomic E-state index is 0.0134. The fourth-order valence-electron chi connectivity index (χ4n) is 4.78. The molecule has 160 valence electrons. The molecule has 3 N–H and O–H groups in total. The molecule has 7 nitrogen and oxygen atoms in total. The van der Waals surface area contributed by atoms with Crippen LogP contribution in [-0.4, -0.2) is 35.9 Å². The molecule has 0 radical (unpaired) electrons. The molecule has 2 aromatic carbocycles. The van der Waals surface area contributed by atoms with Crippen molar-refractivity contribution in [3.05, 3.63) is 59.2 Å². The summed E-state index contributed by atoms with van der Waals surface area (Å²) in [4.78, 5) is 38.9. The standard InChI is InChI=1S/C24H25N3O4/c28-20-9-6-15-12-19(13-16-10-11-27(20)21(15)16)26-23(30)22(29)25-14-24(31,18-7-8-18)17-4-2-1-3-5-17/h1-5,12-13,18,31H,6-11,14H2,(H,25,29)(H,26,30). The summed E-state index contributed by atoms with van der Waals surface area (Å²) in [5, 5.41) is 16.5. The summed E-state index contributed by atoms with van der Waals surface area (Å²) in [6.07, 6.45) is 3.63. The molecule has 7 heteroatoms. The molecule has 1 atom stereocenters. The fraction of sp³-hybridized carbons (Fsp3) is 0.375. The normalized spacial score (nSPS) is 18.9. The Labute approximate surface area is 180 Å². The van der Waals surface area contributed by atoms with E-state index in [1.165, 1.54) is 0 Å². The Kier molecular flexibility index (Phi) is 4.78. The third kappa shape index (κ3) is 3.59. The number of benzene rings is 2. The lowest BCUT2D eigenvalue weighted by Gasteiger charge is -2.29. The van der Waals surface area contributed by atoms with Crippen molar-refractivity contribution in [3.8, 4) is 0 Å². The number of nitrogens with zero attached hydrogens (tertiary/aromatic N) is 1. The van der Waals surface area contributed by atoms with E-state index in [4.69, 9.17) is 0 Å². The summed E-state index contributed by atoms with van der Waals surface area (Å²) in [7, 11) is 0. The summed E-state index contributed by atoms with van der Waals surface area (Å²) < 4.78 is 0. The van der Waals surface area contributed by atoms with E-state index < -0.39 is 17.4 Å². The van der Waals surface area contributed by atoms with Crippen LogP contribution in [0.5, 0.6) is 0 Å². The number of hydrogen-bond acceptors (Lipinski definition) is 4. The Morgan fingerprint density at radius 2 is 1.74 bits per heavy atom. The first kappa shape index (κ1) is 19.8. The van der Waals surface area contributed by atoms with Gasteiger partial charge in [-0.15, -0.1) is 0 Å². The molecular weight excluding hydrogens is 394 g/mol. The van der Waals surface area contributed by atoms with Crippen LogP contribution in [0.15, 0.2) is 42.5 Å². The van der Waals surface area contributed by atoms with Gasteiger partial charge in [0.05, 0.1) is 12.2 Å². The second-order valence-electron chi connectivity index (χ2n) is 8.64. The van der Waals surface area contributed by atoms with E-state index in [-0.39, 0.29) is 18.4 Å². The Hall–Kier alpha value is -3.19. The maximum atomic E-state index is 12.5. The monoisotopic (exact) mass is 419 g/mol. The van der Waals surface area contributed by atoms with Crippen LogP contribution >= 0.6 is 0 Å². The molecule has 2 aromatic rings. The number of amides is 3. The first-order valence-electron chi connectivity index (χ1n) is 10.8. The number of aryl methyl sites for hydroxylation is 1. The Morgan fingerprint density at radius 1 is 1.03 bits per heavy atom. The number of aliphatic hydroxyl groups is 1. The molecule has 0 spiro atoms. The summed E-state index contributed by atoms with van der Waals surface area (Å²) in [5.41, 5.74) is 3.15. The third-order valence-electron chi connectivity index (χ3n) is 6.56. The molecule has 1 aliphatic carbocycles. The highest BCUT2D eigenvalue weighted by Gasteiger charge is 2.45. The van der Waals surface area contributed by atoms with Gasteiger partial charge < -0.3 is 20.6 Å². The zero-order chi connectivity index (χ0) is 21.6. The van der Waals surface area contributed by atoms with E-state index in [2.05, 4.69) is 10.6 Å². The summed E-state index contributed by atoms with van der Waals surface area (Å²) in [6.45, 7) is 0.652. The van der Waals surface area contributed by atoms with Crippen LogP contribution in [0.25, 0.3) is 0 Å². The van der Waals surface area contributed by atoms with Crippen molar-refractivity contribution in [3.63, 3.8) is 0 Å². The summed E-state index contributed by atoms with van der Waals surface area (Å²) >= 11 is 0. The molecule has 0 saturated heterocycles. The van der Waals surface area contributed by atoms with Crippen LogP contribution < -0.4 is 15.5 Å². The second kappa shape index (κ2) is 7.50. The molecule has 3 aliphatic rings. The highest BCUT2D eigenvalue weighted by atomic mass is 16.3. The fourth-order valence-corrected chi connectivity index (χ4v) is 4.78. The molecule has 31 heavy (non-hydrogen) atoms. The van der Waals surface area contributed by atoms with Crippen LogP contribution in [0, 0.1) is 5.92 Å². The van der Waals surface area contributed by atoms with Crippen molar-refractivity contribution in [2.24, 2.45) is 5.92 Å². The predicted molar refractivity (Wildman–Crippen MR) is 116 cm³/mol. The molecule has 1 unspecified atom stereocenters. The minimum Gasteiger partial charge on any atom is -0.383 e. The maximum Gasteiger partial charge on any atom is 0.313 e. The Balaban J connectivity index is 1.26. The molecular formula is C24H25N3O4. The summed E-state index contributed by atoms with van der Waals surface area (Å²) in [5.74, 6) is -1.32. The van der Waals surface area contributed by atoms with Gasteiger partial charge in [-0.05, 0) is 60.4 Å². The number of hydrogen-bond donors (Lipinski definition) is 3. The van der Waals surface area contributed by atoms with Crippen LogP contribution in [0.2, 0.25) is 0 Å². The van der Waals surface area contributed by atoms with Gasteiger partial charge in [-0.1, -0.05) is 30.3 Å². The molecule has 2 aliphatic heterocycles. The van der Waals surface area contributed by atoms with Crippen LogP contribution in [0.3, 0.4) is 0 Å². The maximum absolute atomic E-state index is 12.5. The lowest BCUT2D eigenvalue weighted by Crippen LogP contribution is -2.45. The average Bonchev–Trinajstić information content (AvgIpc) is 3.55. The van der Waals surface area contributed by atoms with E-state index >= 15 is 0 Å². The van der Waals surface area contributed by atoms with Crippen molar-refractivity contribution in [2.45, 2.75) is 37.7 Å². The predicted octanol–water partition coefficient (Wildman–Crippen LogP) is 1.87. The van der Waals surface area contributed by atoms with E-state index in [0.717, 1.165) is 41.6 Å². The third-order valence-corrected chi connectivity index (χ3v) is 6.56. The van der Waals surface area contributed by atoms with Gasteiger partial charge in [-0.3, -0.25) is 14.4 Å². The first-order valence-corrected chi connectivity index (χ1v) is 10.8. The van der Waals surface area contributed by atoms with Crippen LogP contribution in [0.1, 0.15) is 36.0 Å². The second-order valence-corrected chi connectivity index (χ2v) is 8.64. The van der Waals surface area contributed by atoms with Crippen molar-refractivity contribution < 1.29 is 19.5 Å². The zero-order valence-corrected chi connectivity index (χ0v) is 17.2. The molecule has 2 heterocycles. The van der Waals surface area contributed by atoms with Gasteiger partial charge in [-0.2, -0.15) is 0 Å².